The minimum absolute atomic E-state index is 0.156. The van der Waals surface area contributed by atoms with Crippen LogP contribution >= 0.6 is 0 Å². The van der Waals surface area contributed by atoms with Crippen molar-refractivity contribution in [1.82, 2.24) is 20.3 Å². The monoisotopic (exact) mass is 283 g/mol. The molecular weight excluding hydrogens is 273 g/mol. The lowest BCUT2D eigenvalue weighted by Crippen LogP contribution is -1.93. The summed E-state index contributed by atoms with van der Waals surface area (Å²) < 4.78 is 18.9. The van der Waals surface area contributed by atoms with E-state index in [1.54, 1.807) is 19.2 Å². The van der Waals surface area contributed by atoms with Gasteiger partial charge in [-0.15, -0.1) is 0 Å². The second kappa shape index (κ2) is 4.27. The summed E-state index contributed by atoms with van der Waals surface area (Å²) in [5, 5.41) is 14.5. The van der Waals surface area contributed by atoms with Crippen molar-refractivity contribution in [3.8, 4) is 0 Å². The molecule has 0 radical (unpaired) electrons. The summed E-state index contributed by atoms with van der Waals surface area (Å²) in [6, 6.07) is 6.80. The normalized spacial score (nSPS) is 11.3. The number of H-pyrrole nitrogens is 1. The number of aromatic nitrogens is 4. The topological polar surface area (TPSA) is 79.6 Å². The van der Waals surface area contributed by atoms with Crippen molar-refractivity contribution in [2.45, 2.75) is 6.92 Å². The highest BCUT2D eigenvalue weighted by Gasteiger charge is 2.13. The molecule has 4 aromatic rings. The molecule has 21 heavy (non-hydrogen) atoms. The molecule has 0 spiro atoms. The molecule has 0 unspecified atom stereocenters. The molecule has 1 aromatic carbocycles. The fourth-order valence-electron chi connectivity index (χ4n) is 2.27. The first-order chi connectivity index (χ1) is 10.2. The van der Waals surface area contributed by atoms with Gasteiger partial charge in [0.2, 0.25) is 5.58 Å². The molecular formula is C14H10FN5O. The Labute approximate surface area is 118 Å². The minimum Gasteiger partial charge on any atom is -0.353 e. The van der Waals surface area contributed by atoms with Crippen LogP contribution in [0.5, 0.6) is 0 Å². The fourth-order valence-corrected chi connectivity index (χ4v) is 2.27. The molecule has 3 heterocycles. The molecule has 0 amide bonds. The lowest BCUT2D eigenvalue weighted by molar-refractivity contribution is 0.435. The summed E-state index contributed by atoms with van der Waals surface area (Å²) in [6.07, 6.45) is 1.68. The van der Waals surface area contributed by atoms with Crippen LogP contribution in [0.4, 0.5) is 15.9 Å². The number of rotatable bonds is 2. The third kappa shape index (κ3) is 1.82. The van der Waals surface area contributed by atoms with Gasteiger partial charge in [0.25, 0.3) is 0 Å². The molecule has 0 saturated heterocycles. The zero-order valence-corrected chi connectivity index (χ0v) is 11.0. The number of pyridine rings is 1. The van der Waals surface area contributed by atoms with Crippen molar-refractivity contribution in [1.29, 1.82) is 0 Å². The maximum Gasteiger partial charge on any atom is 0.202 e. The van der Waals surface area contributed by atoms with Crippen LogP contribution in [0.25, 0.3) is 22.0 Å². The summed E-state index contributed by atoms with van der Waals surface area (Å²) in [4.78, 5) is 4.25. The SMILES string of the molecule is Cc1noc2c(F)cc(Nc3n[nH]c4cccnc34)cc12. The molecule has 3 aromatic heterocycles. The predicted octanol–water partition coefficient (Wildman–Crippen LogP) is 3.29. The lowest BCUT2D eigenvalue weighted by atomic mass is 10.2. The smallest absolute Gasteiger partial charge is 0.202 e. The maximum absolute atomic E-state index is 14.0. The number of aromatic amines is 1. The number of hydrogen-bond acceptors (Lipinski definition) is 5. The molecule has 0 bridgehead atoms. The van der Waals surface area contributed by atoms with Crippen LogP contribution in [-0.2, 0) is 0 Å². The first kappa shape index (κ1) is 11.8. The molecule has 6 nitrogen and oxygen atoms in total. The van der Waals surface area contributed by atoms with E-state index in [2.05, 4.69) is 25.7 Å². The van der Waals surface area contributed by atoms with Gasteiger partial charge >= 0.3 is 0 Å². The van der Waals surface area contributed by atoms with Gasteiger partial charge in [0, 0.05) is 23.3 Å². The Kier molecular flexibility index (Phi) is 2.41. The number of aryl methyl sites for hydroxylation is 1. The average molecular weight is 283 g/mol. The number of hydrogen-bond donors (Lipinski definition) is 2. The Balaban J connectivity index is 1.82. The Morgan fingerprint density at radius 2 is 2.24 bits per heavy atom. The summed E-state index contributed by atoms with van der Waals surface area (Å²) in [5.41, 5.74) is 2.86. The van der Waals surface area contributed by atoms with Crippen molar-refractivity contribution in [3.63, 3.8) is 0 Å². The number of anilines is 2. The number of nitrogens with one attached hydrogen (secondary N) is 2. The Hall–Kier alpha value is -2.96. The van der Waals surface area contributed by atoms with Gasteiger partial charge < -0.3 is 9.84 Å². The van der Waals surface area contributed by atoms with Gasteiger partial charge in [0.05, 0.1) is 11.2 Å². The first-order valence-electron chi connectivity index (χ1n) is 6.34. The molecule has 0 aliphatic heterocycles. The van der Waals surface area contributed by atoms with Crippen LogP contribution in [0, 0.1) is 12.7 Å². The quantitative estimate of drug-likeness (QED) is 0.590. The van der Waals surface area contributed by atoms with Gasteiger partial charge in [-0.05, 0) is 25.1 Å². The van der Waals surface area contributed by atoms with Crippen molar-refractivity contribution >= 4 is 33.5 Å². The van der Waals surface area contributed by atoms with Crippen LogP contribution in [0.1, 0.15) is 5.69 Å². The molecule has 0 fully saturated rings. The Morgan fingerprint density at radius 3 is 3.14 bits per heavy atom. The summed E-state index contributed by atoms with van der Waals surface area (Å²) in [6.45, 7) is 1.76. The van der Waals surface area contributed by atoms with Gasteiger partial charge in [-0.25, -0.2) is 4.39 Å². The van der Waals surface area contributed by atoms with E-state index in [0.29, 0.717) is 28.1 Å². The highest BCUT2D eigenvalue weighted by atomic mass is 19.1. The van der Waals surface area contributed by atoms with Gasteiger partial charge in [0.1, 0.15) is 5.52 Å². The van der Waals surface area contributed by atoms with E-state index < -0.39 is 5.82 Å². The lowest BCUT2D eigenvalue weighted by Gasteiger charge is -2.03. The number of halogens is 1. The predicted molar refractivity (Wildman–Crippen MR) is 75.9 cm³/mol. The van der Waals surface area contributed by atoms with Crippen LogP contribution in [0.3, 0.4) is 0 Å². The molecule has 104 valence electrons. The van der Waals surface area contributed by atoms with E-state index >= 15 is 0 Å². The van der Waals surface area contributed by atoms with Gasteiger partial charge in [0.15, 0.2) is 11.6 Å². The fraction of sp³-hybridized carbons (Fsp3) is 0.0714. The summed E-state index contributed by atoms with van der Waals surface area (Å²) in [7, 11) is 0. The third-order valence-corrected chi connectivity index (χ3v) is 3.29. The second-order valence-corrected chi connectivity index (χ2v) is 4.70. The molecule has 0 aliphatic rings. The standard InChI is InChI=1S/C14H10FN5O/c1-7-9-5-8(6-10(15)13(9)21-20-7)17-14-12-11(18-19-14)3-2-4-16-12/h2-6H,1H3,(H2,17,18,19). The van der Waals surface area contributed by atoms with Crippen LogP contribution in [0.15, 0.2) is 35.0 Å². The number of nitrogens with zero attached hydrogens (tertiary/aromatic N) is 3. The van der Waals surface area contributed by atoms with Gasteiger partial charge in [-0.3, -0.25) is 10.1 Å². The maximum atomic E-state index is 14.0. The molecule has 0 aliphatic carbocycles. The third-order valence-electron chi connectivity index (χ3n) is 3.29. The molecule has 2 N–H and O–H groups in total. The first-order valence-corrected chi connectivity index (χ1v) is 6.34. The minimum atomic E-state index is -0.469. The van der Waals surface area contributed by atoms with Crippen molar-refractivity contribution < 1.29 is 8.91 Å². The van der Waals surface area contributed by atoms with E-state index in [9.17, 15) is 4.39 Å². The molecule has 0 saturated carbocycles. The average Bonchev–Trinajstić information content (AvgIpc) is 3.05. The largest absolute Gasteiger partial charge is 0.353 e. The summed E-state index contributed by atoms with van der Waals surface area (Å²) >= 11 is 0. The van der Waals surface area contributed by atoms with Crippen molar-refractivity contribution in [3.05, 3.63) is 42.0 Å². The van der Waals surface area contributed by atoms with E-state index in [1.165, 1.54) is 6.07 Å². The summed E-state index contributed by atoms with van der Waals surface area (Å²) in [5.74, 6) is 0.0712. The molecule has 7 heteroatoms. The number of benzene rings is 1. The van der Waals surface area contributed by atoms with E-state index in [4.69, 9.17) is 4.52 Å². The highest BCUT2D eigenvalue weighted by Crippen LogP contribution is 2.28. The highest BCUT2D eigenvalue weighted by molar-refractivity contribution is 5.90. The van der Waals surface area contributed by atoms with Crippen LogP contribution in [0.2, 0.25) is 0 Å². The zero-order valence-electron chi connectivity index (χ0n) is 11.0. The van der Waals surface area contributed by atoms with Gasteiger partial charge in [-0.1, -0.05) is 5.16 Å². The molecule has 0 atom stereocenters. The van der Waals surface area contributed by atoms with Gasteiger partial charge in [-0.2, -0.15) is 5.10 Å². The van der Waals surface area contributed by atoms with Crippen molar-refractivity contribution in [2.75, 3.05) is 5.32 Å². The Bertz CT molecular complexity index is 958. The van der Waals surface area contributed by atoms with Crippen LogP contribution < -0.4 is 5.32 Å². The second-order valence-electron chi connectivity index (χ2n) is 4.70. The van der Waals surface area contributed by atoms with E-state index in [1.807, 2.05) is 12.1 Å². The van der Waals surface area contributed by atoms with E-state index in [-0.39, 0.29) is 5.58 Å². The van der Waals surface area contributed by atoms with Crippen molar-refractivity contribution in [2.24, 2.45) is 0 Å². The molecule has 4 rings (SSSR count). The zero-order chi connectivity index (χ0) is 14.4. The Morgan fingerprint density at radius 1 is 1.33 bits per heavy atom. The van der Waals surface area contributed by atoms with Crippen LogP contribution in [-0.4, -0.2) is 20.3 Å². The van der Waals surface area contributed by atoms with E-state index in [0.717, 1.165) is 5.52 Å². The number of fused-ring (bicyclic) bond motifs is 2.